The summed E-state index contributed by atoms with van der Waals surface area (Å²) in [6.07, 6.45) is 6.93. The number of ether oxygens (including phenoxy) is 2. The second-order valence-corrected chi connectivity index (χ2v) is 14.8. The summed E-state index contributed by atoms with van der Waals surface area (Å²) >= 11 is 0. The van der Waals surface area contributed by atoms with E-state index in [4.69, 9.17) is 15.2 Å². The van der Waals surface area contributed by atoms with E-state index in [0.717, 1.165) is 76.9 Å². The normalized spacial score (nSPS) is 33.3. The van der Waals surface area contributed by atoms with Crippen LogP contribution in [0.4, 0.5) is 0 Å². The number of aromatic hydroxyl groups is 1. The summed E-state index contributed by atoms with van der Waals surface area (Å²) in [6, 6.07) is 5.48. The number of esters is 1. The molecule has 0 radical (unpaired) electrons. The largest absolute Gasteiger partial charge is 0.504 e. The van der Waals surface area contributed by atoms with Gasteiger partial charge in [-0.2, -0.15) is 0 Å². The number of nitrogens with one attached hydrogen (secondary N) is 2. The molecule has 1 aliphatic carbocycles. The SMILES string of the molecule is CC(=O)O[C@H](CCc1ccc(O)c(OC2CCNCC2)c1)C[C@@H](O)[C@@H]1CC[C@H]2CN3C[C@@H]4C[C@@H](CN(CN=C(N)NC[C@H]2C1)C4)C3. The number of nitrogens with zero attached hydrogens (tertiary/aromatic N) is 3. The highest BCUT2D eigenvalue weighted by atomic mass is 16.5. The van der Waals surface area contributed by atoms with Crippen molar-refractivity contribution in [3.8, 4) is 11.5 Å². The van der Waals surface area contributed by atoms with Crippen molar-refractivity contribution >= 4 is 11.9 Å². The predicted molar refractivity (Wildman–Crippen MR) is 178 cm³/mol. The Morgan fingerprint density at radius 3 is 2.57 bits per heavy atom. The number of carbonyl (C=O) groups excluding carboxylic acids is 1. The van der Waals surface area contributed by atoms with Crippen LogP contribution in [0.3, 0.4) is 0 Å². The highest BCUT2D eigenvalue weighted by Gasteiger charge is 2.39. The van der Waals surface area contributed by atoms with E-state index in [2.05, 4.69) is 25.4 Å². The molecule has 4 bridgehead atoms. The summed E-state index contributed by atoms with van der Waals surface area (Å²) in [4.78, 5) is 21.9. The third-order valence-electron chi connectivity index (χ3n) is 11.1. The van der Waals surface area contributed by atoms with Crippen LogP contribution in [0.2, 0.25) is 0 Å². The molecule has 256 valence electrons. The summed E-state index contributed by atoms with van der Waals surface area (Å²) in [5, 5.41) is 28.7. The number of rotatable bonds is 9. The first-order valence-corrected chi connectivity index (χ1v) is 17.8. The van der Waals surface area contributed by atoms with E-state index in [1.54, 1.807) is 6.07 Å². The first-order valence-electron chi connectivity index (χ1n) is 17.8. The minimum Gasteiger partial charge on any atom is -0.504 e. The van der Waals surface area contributed by atoms with Crippen molar-refractivity contribution in [3.05, 3.63) is 23.8 Å². The van der Waals surface area contributed by atoms with Crippen molar-refractivity contribution in [2.45, 2.75) is 83.0 Å². The van der Waals surface area contributed by atoms with Gasteiger partial charge in [0.2, 0.25) is 0 Å². The van der Waals surface area contributed by atoms with Gasteiger partial charge in [-0.1, -0.05) is 6.07 Å². The molecule has 6 aliphatic rings. The van der Waals surface area contributed by atoms with Crippen LogP contribution < -0.4 is 21.1 Å². The number of carbonyl (C=O) groups is 1. The Morgan fingerprint density at radius 2 is 1.80 bits per heavy atom. The van der Waals surface area contributed by atoms with Gasteiger partial charge >= 0.3 is 5.97 Å². The first-order chi connectivity index (χ1) is 22.3. The quantitative estimate of drug-likeness (QED) is 0.255. The number of aliphatic imine (C=N–C) groups is 1. The molecule has 0 aromatic heterocycles. The highest BCUT2D eigenvalue weighted by molar-refractivity contribution is 5.77. The molecule has 7 rings (SSSR count). The van der Waals surface area contributed by atoms with E-state index in [0.29, 0.717) is 61.3 Å². The highest BCUT2D eigenvalue weighted by Crippen LogP contribution is 2.39. The number of aliphatic hydroxyl groups excluding tert-OH is 1. The predicted octanol–water partition coefficient (Wildman–Crippen LogP) is 2.30. The molecule has 6 N–H and O–H groups in total. The average Bonchev–Trinajstić information content (AvgIpc) is 3.04. The zero-order valence-corrected chi connectivity index (χ0v) is 27.6. The molecular formula is C35H56N6O5. The molecule has 46 heavy (non-hydrogen) atoms. The Morgan fingerprint density at radius 1 is 1.04 bits per heavy atom. The fourth-order valence-corrected chi connectivity index (χ4v) is 8.91. The summed E-state index contributed by atoms with van der Waals surface area (Å²) in [7, 11) is 0. The smallest absolute Gasteiger partial charge is 0.302 e. The molecule has 1 aromatic rings. The van der Waals surface area contributed by atoms with E-state index < -0.39 is 6.10 Å². The van der Waals surface area contributed by atoms with Crippen LogP contribution in [0.1, 0.15) is 63.9 Å². The lowest BCUT2D eigenvalue weighted by atomic mass is 9.71. The van der Waals surface area contributed by atoms with E-state index in [-0.39, 0.29) is 29.8 Å². The maximum Gasteiger partial charge on any atom is 0.302 e. The topological polar surface area (TPSA) is 145 Å². The van der Waals surface area contributed by atoms with Crippen LogP contribution in [0.5, 0.6) is 11.5 Å². The molecule has 11 heteroatoms. The molecule has 4 fully saturated rings. The average molecular weight is 641 g/mol. The third-order valence-corrected chi connectivity index (χ3v) is 11.1. The summed E-state index contributed by atoms with van der Waals surface area (Å²) in [5.74, 6) is 3.34. The lowest BCUT2D eigenvalue weighted by Crippen LogP contribution is -2.54. The number of benzene rings is 1. The van der Waals surface area contributed by atoms with Crippen LogP contribution in [0, 0.1) is 29.6 Å². The van der Waals surface area contributed by atoms with Gasteiger partial charge in [0.25, 0.3) is 0 Å². The van der Waals surface area contributed by atoms with Gasteiger partial charge in [0.15, 0.2) is 17.5 Å². The Bertz CT molecular complexity index is 1180. The van der Waals surface area contributed by atoms with Gasteiger partial charge in [0.1, 0.15) is 12.2 Å². The van der Waals surface area contributed by atoms with Crippen molar-refractivity contribution in [1.29, 1.82) is 0 Å². The molecule has 0 spiro atoms. The van der Waals surface area contributed by atoms with Gasteiger partial charge < -0.3 is 41.0 Å². The van der Waals surface area contributed by atoms with Crippen LogP contribution in [0.25, 0.3) is 0 Å². The maximum absolute atomic E-state index is 12.1. The van der Waals surface area contributed by atoms with E-state index in [1.165, 1.54) is 26.4 Å². The molecule has 5 heterocycles. The number of fused-ring (bicyclic) bond motifs is 3. The van der Waals surface area contributed by atoms with Gasteiger partial charge in [-0.25, -0.2) is 4.99 Å². The minimum absolute atomic E-state index is 0.0887. The number of guanidine groups is 1. The maximum atomic E-state index is 12.1. The number of aliphatic hydroxyl groups is 1. The zero-order valence-electron chi connectivity index (χ0n) is 27.6. The molecule has 3 saturated heterocycles. The van der Waals surface area contributed by atoms with Gasteiger partial charge in [-0.3, -0.25) is 9.69 Å². The number of hydrogen-bond acceptors (Lipinski definition) is 11. The number of aryl methyl sites for hydroxylation is 1. The Hall–Kier alpha value is -2.60. The van der Waals surface area contributed by atoms with Gasteiger partial charge in [0.05, 0.1) is 12.8 Å². The van der Waals surface area contributed by atoms with Crippen molar-refractivity contribution in [2.75, 3.05) is 59.0 Å². The first kappa shape index (κ1) is 33.3. The van der Waals surface area contributed by atoms with Crippen LogP contribution in [-0.2, 0) is 16.0 Å². The summed E-state index contributed by atoms with van der Waals surface area (Å²) < 4.78 is 11.9. The Balaban J connectivity index is 1.06. The van der Waals surface area contributed by atoms with Crippen LogP contribution in [-0.4, -0.2) is 109 Å². The molecule has 1 aromatic carbocycles. The minimum atomic E-state index is -0.557. The molecule has 1 saturated carbocycles. The monoisotopic (exact) mass is 640 g/mol. The third kappa shape index (κ3) is 9.05. The second kappa shape index (κ2) is 15.5. The van der Waals surface area contributed by atoms with Crippen molar-refractivity contribution in [1.82, 2.24) is 20.4 Å². The standard InChI is InChI=1S/C35H56N6O5/c1-23(42)45-31(6-2-24-3-7-32(43)34(13-24)46-30-8-10-37-11-9-30)15-33(44)27-4-5-28-21-40-17-25-12-26(18-40)20-41(19-25)22-39-35(36)38-16-29(28)14-27/h3,7,13,25-31,33,37,43-44H,2,4-6,8-12,14-22H2,1H3,(H3,36,38,39)/t25-,26+,27-,28+,29-,31-,33-/m1/s1. The van der Waals surface area contributed by atoms with Crippen molar-refractivity contribution in [3.63, 3.8) is 0 Å². The van der Waals surface area contributed by atoms with Gasteiger partial charge in [-0.15, -0.1) is 0 Å². The van der Waals surface area contributed by atoms with Crippen LogP contribution in [0.15, 0.2) is 23.2 Å². The van der Waals surface area contributed by atoms with Gasteiger partial charge in [-0.05, 0) is 112 Å². The second-order valence-electron chi connectivity index (χ2n) is 14.8. The number of nitrogens with two attached hydrogens (primary N) is 1. The molecule has 9 atom stereocenters. The summed E-state index contributed by atoms with van der Waals surface area (Å²) in [5.41, 5.74) is 7.33. The van der Waals surface area contributed by atoms with Crippen LogP contribution >= 0.6 is 0 Å². The molecule has 11 nitrogen and oxygen atoms in total. The molecule has 2 unspecified atom stereocenters. The molecule has 5 aliphatic heterocycles. The lowest BCUT2D eigenvalue weighted by Gasteiger charge is -2.47. The summed E-state index contributed by atoms with van der Waals surface area (Å²) in [6.45, 7) is 10.4. The Kier molecular flexibility index (Phi) is 11.2. The fourth-order valence-electron chi connectivity index (χ4n) is 8.91. The number of phenols is 1. The van der Waals surface area contributed by atoms with Crippen molar-refractivity contribution < 1.29 is 24.5 Å². The lowest BCUT2D eigenvalue weighted by molar-refractivity contribution is -0.148. The van der Waals surface area contributed by atoms with E-state index in [1.807, 2.05) is 12.1 Å². The molecule has 0 amide bonds. The van der Waals surface area contributed by atoms with E-state index >= 15 is 0 Å². The Labute approximate surface area is 274 Å². The fraction of sp³-hybridized carbons (Fsp3) is 0.771. The number of hydrogen-bond donors (Lipinski definition) is 5. The van der Waals surface area contributed by atoms with Gasteiger partial charge in [0, 0.05) is 52.6 Å². The number of phenolic OH excluding ortho intramolecular Hbond substituents is 1. The zero-order chi connectivity index (χ0) is 32.0. The van der Waals surface area contributed by atoms with Crippen molar-refractivity contribution in [2.24, 2.45) is 40.3 Å². The van der Waals surface area contributed by atoms with E-state index in [9.17, 15) is 15.0 Å². The number of piperidine rings is 3. The molecular weight excluding hydrogens is 584 g/mol.